The quantitative estimate of drug-likeness (QED) is 0.677. The molecule has 126 valence electrons. The molecule has 3 heterocycles. The largest absolute Gasteiger partial charge is 0.354 e. The summed E-state index contributed by atoms with van der Waals surface area (Å²) in [6.07, 6.45) is 6.65. The molecule has 1 unspecified atom stereocenters. The maximum absolute atomic E-state index is 12.4. The fraction of sp³-hybridized carbons (Fsp3) is 0.222. The second-order valence-electron chi connectivity index (χ2n) is 6.02. The molecular weight excluding hydrogens is 318 g/mol. The molecule has 1 aliphatic rings. The maximum atomic E-state index is 12.4. The van der Waals surface area contributed by atoms with E-state index in [-0.39, 0.29) is 11.8 Å². The van der Waals surface area contributed by atoms with Gasteiger partial charge in [0, 0.05) is 23.9 Å². The monoisotopic (exact) mass is 335 g/mol. The van der Waals surface area contributed by atoms with E-state index in [0.717, 1.165) is 28.6 Å². The Morgan fingerprint density at radius 3 is 2.84 bits per heavy atom. The first-order valence-electron chi connectivity index (χ1n) is 8.18. The number of hydrogen-bond acceptors (Lipinski definition) is 4. The zero-order chi connectivity index (χ0) is 17.2. The minimum atomic E-state index is -0.456. The molecule has 3 N–H and O–H groups in total. The second kappa shape index (κ2) is 6.35. The van der Waals surface area contributed by atoms with E-state index in [2.05, 4.69) is 25.6 Å². The minimum Gasteiger partial charge on any atom is -0.354 e. The van der Waals surface area contributed by atoms with E-state index in [1.165, 1.54) is 0 Å². The van der Waals surface area contributed by atoms with Crippen molar-refractivity contribution < 1.29 is 9.59 Å². The van der Waals surface area contributed by atoms with Crippen molar-refractivity contribution in [1.82, 2.24) is 25.6 Å². The Labute approximate surface area is 143 Å². The van der Waals surface area contributed by atoms with Crippen LogP contribution in [0.4, 0.5) is 0 Å². The van der Waals surface area contributed by atoms with E-state index in [0.29, 0.717) is 18.5 Å². The molecule has 0 aliphatic carbocycles. The topological polar surface area (TPSA) is 99.8 Å². The molecule has 25 heavy (non-hydrogen) atoms. The van der Waals surface area contributed by atoms with E-state index in [9.17, 15) is 9.59 Å². The lowest BCUT2D eigenvalue weighted by Gasteiger charge is -2.22. The summed E-state index contributed by atoms with van der Waals surface area (Å²) < 4.78 is 0. The number of piperidine rings is 1. The van der Waals surface area contributed by atoms with Crippen LogP contribution in [0.5, 0.6) is 0 Å². The van der Waals surface area contributed by atoms with E-state index >= 15 is 0 Å². The summed E-state index contributed by atoms with van der Waals surface area (Å²) in [6, 6.07) is 6.76. The van der Waals surface area contributed by atoms with Crippen molar-refractivity contribution in [3.05, 3.63) is 48.5 Å². The van der Waals surface area contributed by atoms with Crippen LogP contribution in [0.25, 0.3) is 22.2 Å². The van der Waals surface area contributed by atoms with Crippen LogP contribution in [0.2, 0.25) is 0 Å². The van der Waals surface area contributed by atoms with Gasteiger partial charge in [-0.15, -0.1) is 0 Å². The maximum Gasteiger partial charge on any atom is 0.251 e. The predicted molar refractivity (Wildman–Crippen MR) is 92.8 cm³/mol. The number of aromatic nitrogens is 3. The highest BCUT2D eigenvalue weighted by atomic mass is 16.2. The first kappa shape index (κ1) is 15.3. The van der Waals surface area contributed by atoms with Gasteiger partial charge in [-0.1, -0.05) is 12.1 Å². The molecule has 1 aliphatic heterocycles. The molecule has 7 nitrogen and oxygen atoms in total. The van der Waals surface area contributed by atoms with Crippen molar-refractivity contribution in [3.63, 3.8) is 0 Å². The van der Waals surface area contributed by atoms with Crippen molar-refractivity contribution in [3.8, 4) is 11.1 Å². The van der Waals surface area contributed by atoms with Gasteiger partial charge in [-0.2, -0.15) is 0 Å². The molecule has 2 aromatic heterocycles. The number of benzene rings is 1. The lowest BCUT2D eigenvalue weighted by molar-refractivity contribution is -0.124. The number of pyridine rings is 1. The molecule has 0 radical (unpaired) electrons. The normalized spacial score (nSPS) is 17.3. The summed E-state index contributed by atoms with van der Waals surface area (Å²) in [5.41, 5.74) is 4.05. The summed E-state index contributed by atoms with van der Waals surface area (Å²) >= 11 is 0. The average Bonchev–Trinajstić information content (AvgIpc) is 3.12. The highest BCUT2D eigenvalue weighted by Gasteiger charge is 2.23. The van der Waals surface area contributed by atoms with E-state index < -0.39 is 6.04 Å². The number of rotatable bonds is 3. The molecule has 7 heteroatoms. The number of nitrogens with one attached hydrogen (secondary N) is 3. The van der Waals surface area contributed by atoms with Crippen LogP contribution >= 0.6 is 0 Å². The Kier molecular flexibility index (Phi) is 3.89. The lowest BCUT2D eigenvalue weighted by atomic mass is 10.0. The third-order valence-corrected chi connectivity index (χ3v) is 4.38. The van der Waals surface area contributed by atoms with Gasteiger partial charge in [0.25, 0.3) is 5.91 Å². The van der Waals surface area contributed by atoms with Gasteiger partial charge in [0.05, 0.1) is 23.6 Å². The van der Waals surface area contributed by atoms with Crippen LogP contribution in [0.1, 0.15) is 23.2 Å². The molecule has 4 rings (SSSR count). The number of carbonyl (C=O) groups excluding carboxylic acids is 2. The van der Waals surface area contributed by atoms with Crippen LogP contribution in [0.3, 0.4) is 0 Å². The Hall–Kier alpha value is -3.22. The Morgan fingerprint density at radius 1 is 1.20 bits per heavy atom. The molecular formula is C18H17N5O2. The summed E-state index contributed by atoms with van der Waals surface area (Å²) in [6.45, 7) is 0.673. The highest BCUT2D eigenvalue weighted by molar-refractivity contribution is 5.98. The number of carbonyl (C=O) groups is 2. The zero-order valence-electron chi connectivity index (χ0n) is 13.5. The molecule has 0 bridgehead atoms. The SMILES string of the molecule is O=C(NC1CCCNC1=O)c1ccc(-c2cncc3[nH]cnc23)cc1. The second-order valence-corrected chi connectivity index (χ2v) is 6.02. The molecule has 1 aromatic carbocycles. The van der Waals surface area contributed by atoms with Crippen molar-refractivity contribution in [2.24, 2.45) is 0 Å². The summed E-state index contributed by atoms with van der Waals surface area (Å²) in [5, 5.41) is 5.55. The van der Waals surface area contributed by atoms with Gasteiger partial charge in [0.15, 0.2) is 0 Å². The molecule has 1 saturated heterocycles. The van der Waals surface area contributed by atoms with Gasteiger partial charge in [-0.05, 0) is 30.5 Å². The van der Waals surface area contributed by atoms with Crippen LogP contribution in [-0.2, 0) is 4.79 Å². The van der Waals surface area contributed by atoms with E-state index in [1.54, 1.807) is 30.9 Å². The van der Waals surface area contributed by atoms with Crippen LogP contribution in [-0.4, -0.2) is 39.4 Å². The first-order chi connectivity index (χ1) is 12.2. The fourth-order valence-corrected chi connectivity index (χ4v) is 3.03. The molecule has 1 fully saturated rings. The van der Waals surface area contributed by atoms with Crippen molar-refractivity contribution in [1.29, 1.82) is 0 Å². The number of hydrogen-bond donors (Lipinski definition) is 3. The van der Waals surface area contributed by atoms with Crippen LogP contribution in [0, 0.1) is 0 Å². The van der Waals surface area contributed by atoms with Crippen LogP contribution < -0.4 is 10.6 Å². The summed E-state index contributed by atoms with van der Waals surface area (Å²) in [5.74, 6) is -0.364. The number of nitrogens with zero attached hydrogens (tertiary/aromatic N) is 2. The van der Waals surface area contributed by atoms with Gasteiger partial charge in [0.1, 0.15) is 6.04 Å². The van der Waals surface area contributed by atoms with E-state index in [1.807, 2.05) is 12.1 Å². The number of imidazole rings is 1. The van der Waals surface area contributed by atoms with E-state index in [4.69, 9.17) is 0 Å². The standard InChI is InChI=1S/C18H17N5O2/c24-17(23-14-2-1-7-20-18(14)25)12-5-3-11(4-6-12)13-8-19-9-15-16(13)22-10-21-15/h3-6,8-10,14H,1-2,7H2,(H,20,25)(H,21,22)(H,23,24). The average molecular weight is 335 g/mol. The molecule has 3 aromatic rings. The summed E-state index contributed by atoms with van der Waals surface area (Å²) in [4.78, 5) is 35.7. The highest BCUT2D eigenvalue weighted by Crippen LogP contribution is 2.25. The smallest absolute Gasteiger partial charge is 0.251 e. The Bertz CT molecular complexity index is 932. The fourth-order valence-electron chi connectivity index (χ4n) is 3.03. The Morgan fingerprint density at radius 2 is 2.04 bits per heavy atom. The Balaban J connectivity index is 1.54. The lowest BCUT2D eigenvalue weighted by Crippen LogP contribution is -2.50. The third-order valence-electron chi connectivity index (χ3n) is 4.38. The minimum absolute atomic E-state index is 0.118. The molecule has 0 spiro atoms. The first-order valence-corrected chi connectivity index (χ1v) is 8.18. The van der Waals surface area contributed by atoms with Crippen molar-refractivity contribution >= 4 is 22.8 Å². The van der Waals surface area contributed by atoms with Crippen molar-refractivity contribution in [2.75, 3.05) is 6.54 Å². The van der Waals surface area contributed by atoms with Gasteiger partial charge in [-0.3, -0.25) is 14.6 Å². The number of fused-ring (bicyclic) bond motifs is 1. The third kappa shape index (κ3) is 2.96. The molecule has 2 amide bonds. The van der Waals surface area contributed by atoms with Gasteiger partial charge < -0.3 is 15.6 Å². The number of aromatic amines is 1. The van der Waals surface area contributed by atoms with Crippen molar-refractivity contribution in [2.45, 2.75) is 18.9 Å². The van der Waals surface area contributed by atoms with Gasteiger partial charge in [0.2, 0.25) is 5.91 Å². The molecule has 0 saturated carbocycles. The predicted octanol–water partition coefficient (Wildman–Crippen LogP) is 1.63. The van der Waals surface area contributed by atoms with Gasteiger partial charge in [-0.25, -0.2) is 4.98 Å². The van der Waals surface area contributed by atoms with Crippen LogP contribution in [0.15, 0.2) is 43.0 Å². The zero-order valence-corrected chi connectivity index (χ0v) is 13.5. The number of amides is 2. The molecule has 1 atom stereocenters. The summed E-state index contributed by atoms with van der Waals surface area (Å²) in [7, 11) is 0. The van der Waals surface area contributed by atoms with Gasteiger partial charge >= 0.3 is 0 Å². The number of H-pyrrole nitrogens is 1.